The van der Waals surface area contributed by atoms with Crippen molar-refractivity contribution in [3.8, 4) is 0 Å². The third-order valence-corrected chi connectivity index (χ3v) is 5.70. The molecule has 0 radical (unpaired) electrons. The Hall–Kier alpha value is -1.76. The Bertz CT molecular complexity index is 765. The Morgan fingerprint density at radius 2 is 1.67 bits per heavy atom. The monoisotopic (exact) mass is 359 g/mol. The van der Waals surface area contributed by atoms with Crippen molar-refractivity contribution in [1.82, 2.24) is 4.57 Å². The molecule has 126 valence electrons. The van der Waals surface area contributed by atoms with E-state index in [1.165, 1.54) is 18.9 Å². The number of Topliss-reactive ketones (excluding diaryl/α,β-unsaturated/α-hetero) is 1. The first-order valence-electron chi connectivity index (χ1n) is 7.78. The van der Waals surface area contributed by atoms with E-state index in [0.717, 1.165) is 9.80 Å². The van der Waals surface area contributed by atoms with Crippen LogP contribution in [0.25, 0.3) is 0 Å². The van der Waals surface area contributed by atoms with Crippen LogP contribution in [0.4, 0.5) is 0 Å². The molecule has 0 amide bonds. The van der Waals surface area contributed by atoms with Gasteiger partial charge in [-0.1, -0.05) is 30.0 Å². The summed E-state index contributed by atoms with van der Waals surface area (Å²) in [5.41, 5.74) is -1.11. The Morgan fingerprint density at radius 1 is 1.04 bits per heavy atom. The lowest BCUT2D eigenvalue weighted by Crippen LogP contribution is -2.58. The summed E-state index contributed by atoms with van der Waals surface area (Å²) in [6.45, 7) is 6.25. The Labute approximate surface area is 147 Å². The van der Waals surface area contributed by atoms with Gasteiger partial charge in [-0.3, -0.25) is 4.79 Å². The highest BCUT2D eigenvalue weighted by molar-refractivity contribution is 8.03. The predicted octanol–water partition coefficient (Wildman–Crippen LogP) is 4.23. The van der Waals surface area contributed by atoms with Gasteiger partial charge in [-0.15, -0.1) is 0 Å². The van der Waals surface area contributed by atoms with E-state index < -0.39 is 14.0 Å². The fourth-order valence-corrected chi connectivity index (χ4v) is 5.16. The van der Waals surface area contributed by atoms with E-state index in [4.69, 9.17) is 9.16 Å². The highest BCUT2D eigenvalue weighted by Gasteiger charge is 2.60. The first kappa shape index (κ1) is 17.1. The zero-order valence-corrected chi connectivity index (χ0v) is 16.1. The van der Waals surface area contributed by atoms with Gasteiger partial charge >= 0.3 is 0 Å². The summed E-state index contributed by atoms with van der Waals surface area (Å²) in [6.07, 6.45) is 3.74. The number of thioether (sulfide) groups is 1. The van der Waals surface area contributed by atoms with Gasteiger partial charge in [0.15, 0.2) is 14.1 Å². The Balaban J connectivity index is 2.10. The number of benzene rings is 1. The van der Waals surface area contributed by atoms with Crippen LogP contribution in [0.2, 0.25) is 19.6 Å². The summed E-state index contributed by atoms with van der Waals surface area (Å²) in [6, 6.07) is 13.8. The second-order valence-corrected chi connectivity index (χ2v) is 12.1. The zero-order valence-electron chi connectivity index (χ0n) is 14.3. The number of nitrogens with zero attached hydrogens (tertiary/aromatic N) is 1. The van der Waals surface area contributed by atoms with Gasteiger partial charge in [0, 0.05) is 17.3 Å². The summed E-state index contributed by atoms with van der Waals surface area (Å²) in [7, 11) is -0.472. The van der Waals surface area contributed by atoms with Crippen molar-refractivity contribution < 1.29 is 14.0 Å². The van der Waals surface area contributed by atoms with E-state index >= 15 is 0 Å². The molecule has 1 aliphatic carbocycles. The number of hydrogen-bond acceptors (Lipinski definition) is 4. The van der Waals surface area contributed by atoms with Gasteiger partial charge in [0.05, 0.1) is 12.0 Å². The molecule has 0 N–H and O–H groups in total. The molecule has 1 atom stereocenters. The molecule has 1 heterocycles. The second-order valence-electron chi connectivity index (χ2n) is 6.56. The minimum absolute atomic E-state index is 0.123. The molecule has 1 aliphatic rings. The van der Waals surface area contributed by atoms with Crippen LogP contribution in [0.3, 0.4) is 0 Å². The van der Waals surface area contributed by atoms with Crippen molar-refractivity contribution in [1.29, 1.82) is 0 Å². The number of hydrogen-bond donors (Lipinski definition) is 0. The SMILES string of the molecule is COC1=C(Sc2ccccc2)C(O[Si](C)(C)C)(n2cccc2)C1=O. The molecule has 1 aromatic heterocycles. The van der Waals surface area contributed by atoms with Crippen molar-refractivity contribution in [2.45, 2.75) is 30.3 Å². The molecule has 1 unspecified atom stereocenters. The fraction of sp³-hybridized carbons (Fsp3) is 0.278. The number of methoxy groups -OCH3 is 1. The van der Waals surface area contributed by atoms with E-state index in [-0.39, 0.29) is 5.78 Å². The molecule has 1 aromatic carbocycles. The first-order valence-corrected chi connectivity index (χ1v) is 12.0. The lowest BCUT2D eigenvalue weighted by molar-refractivity contribution is -0.144. The van der Waals surface area contributed by atoms with Crippen molar-refractivity contribution in [3.05, 3.63) is 65.5 Å². The van der Waals surface area contributed by atoms with Crippen LogP contribution in [0.5, 0.6) is 0 Å². The van der Waals surface area contributed by atoms with Crippen LogP contribution >= 0.6 is 11.8 Å². The van der Waals surface area contributed by atoms with Gasteiger partial charge in [0.2, 0.25) is 5.72 Å². The van der Waals surface area contributed by atoms with Gasteiger partial charge in [-0.05, 0) is 43.9 Å². The average molecular weight is 360 g/mol. The van der Waals surface area contributed by atoms with Gasteiger partial charge in [-0.25, -0.2) is 0 Å². The van der Waals surface area contributed by atoms with Crippen LogP contribution in [0.1, 0.15) is 0 Å². The number of carbonyl (C=O) groups excluding carboxylic acids is 1. The molecule has 6 heteroatoms. The van der Waals surface area contributed by atoms with Crippen LogP contribution in [-0.4, -0.2) is 25.8 Å². The standard InChI is InChI=1S/C18H21NO3SSi/c1-21-15-16(20)18(22-24(2,3)4,19-12-8-9-13-19)17(15)23-14-10-6-5-7-11-14/h5-13H,1-4H3. The van der Waals surface area contributed by atoms with Crippen molar-refractivity contribution >= 4 is 25.9 Å². The van der Waals surface area contributed by atoms with Crippen molar-refractivity contribution in [2.75, 3.05) is 7.11 Å². The normalized spacial score (nSPS) is 20.9. The third kappa shape index (κ3) is 2.85. The number of rotatable bonds is 6. The molecule has 0 saturated heterocycles. The molecule has 0 bridgehead atoms. The summed E-state index contributed by atoms with van der Waals surface area (Å²) in [5, 5.41) is 0. The molecule has 4 nitrogen and oxygen atoms in total. The van der Waals surface area contributed by atoms with Gasteiger partial charge in [-0.2, -0.15) is 0 Å². The summed E-state index contributed by atoms with van der Waals surface area (Å²) < 4.78 is 13.7. The number of aromatic nitrogens is 1. The second kappa shape index (κ2) is 6.27. The van der Waals surface area contributed by atoms with Gasteiger partial charge in [0.1, 0.15) is 0 Å². The van der Waals surface area contributed by atoms with Crippen LogP contribution in [0, 0.1) is 0 Å². The molecule has 24 heavy (non-hydrogen) atoms. The predicted molar refractivity (Wildman–Crippen MR) is 98.2 cm³/mol. The molecule has 0 saturated carbocycles. The maximum atomic E-state index is 13.0. The molecular weight excluding hydrogens is 338 g/mol. The highest BCUT2D eigenvalue weighted by atomic mass is 32.2. The molecular formula is C18H21NO3SSi. The maximum Gasteiger partial charge on any atom is 0.255 e. The van der Waals surface area contributed by atoms with Crippen molar-refractivity contribution in [2.24, 2.45) is 0 Å². The number of carbonyl (C=O) groups is 1. The maximum absolute atomic E-state index is 13.0. The Morgan fingerprint density at radius 3 is 2.21 bits per heavy atom. The minimum Gasteiger partial charge on any atom is -0.492 e. The zero-order chi connectivity index (χ0) is 17.4. The average Bonchev–Trinajstić information content (AvgIpc) is 3.07. The van der Waals surface area contributed by atoms with Gasteiger partial charge in [0.25, 0.3) is 5.78 Å². The van der Waals surface area contributed by atoms with Crippen molar-refractivity contribution in [3.63, 3.8) is 0 Å². The van der Waals surface area contributed by atoms with E-state index in [0.29, 0.717) is 5.76 Å². The molecule has 0 spiro atoms. The van der Waals surface area contributed by atoms with E-state index in [1.807, 2.05) is 59.4 Å². The smallest absolute Gasteiger partial charge is 0.255 e. The largest absolute Gasteiger partial charge is 0.492 e. The minimum atomic E-state index is -2.01. The van der Waals surface area contributed by atoms with Crippen LogP contribution in [-0.2, 0) is 19.7 Å². The fourth-order valence-electron chi connectivity index (χ4n) is 2.73. The quantitative estimate of drug-likeness (QED) is 0.724. The summed E-state index contributed by atoms with van der Waals surface area (Å²) >= 11 is 1.52. The number of ether oxygens (including phenoxy) is 1. The molecule has 2 aromatic rings. The van der Waals surface area contributed by atoms with E-state index in [1.54, 1.807) is 0 Å². The third-order valence-electron chi connectivity index (χ3n) is 3.62. The lowest BCUT2D eigenvalue weighted by Gasteiger charge is -2.46. The van der Waals surface area contributed by atoms with Crippen LogP contribution < -0.4 is 0 Å². The first-order chi connectivity index (χ1) is 11.4. The lowest BCUT2D eigenvalue weighted by atomic mass is 9.93. The van der Waals surface area contributed by atoms with Gasteiger partial charge < -0.3 is 13.7 Å². The number of ketones is 1. The molecule has 0 fully saturated rings. The Kier molecular flexibility index (Phi) is 4.46. The topological polar surface area (TPSA) is 40.5 Å². The summed E-state index contributed by atoms with van der Waals surface area (Å²) in [5.74, 6) is 0.262. The molecule has 0 aliphatic heterocycles. The van der Waals surface area contributed by atoms with E-state index in [9.17, 15) is 4.79 Å². The van der Waals surface area contributed by atoms with Crippen LogP contribution in [0.15, 0.2) is 70.4 Å². The molecule has 3 rings (SSSR count). The summed E-state index contributed by atoms with van der Waals surface area (Å²) in [4.78, 5) is 14.8. The van der Waals surface area contributed by atoms with E-state index in [2.05, 4.69) is 19.6 Å². The highest BCUT2D eigenvalue weighted by Crippen LogP contribution is 2.52.